The van der Waals surface area contributed by atoms with Crippen molar-refractivity contribution in [3.05, 3.63) is 29.8 Å². The van der Waals surface area contributed by atoms with Gasteiger partial charge in [0.05, 0.1) is 5.97 Å². The highest BCUT2D eigenvalue weighted by molar-refractivity contribution is 5.93. The third-order valence-electron chi connectivity index (χ3n) is 3.03. The van der Waals surface area contributed by atoms with E-state index in [2.05, 4.69) is 19.2 Å². The molecule has 0 aromatic heterocycles. The Hall–Kier alpha value is -1.84. The molecule has 0 atom stereocenters. The summed E-state index contributed by atoms with van der Waals surface area (Å²) in [6.45, 7) is 4.12. The number of carboxylic acid groups (broad SMARTS) is 1. The lowest BCUT2D eigenvalue weighted by Crippen LogP contribution is -2.23. The molecule has 0 spiro atoms. The predicted octanol–water partition coefficient (Wildman–Crippen LogP) is 2.21. The number of carbonyl (C=O) groups excluding carboxylic acids is 2. The lowest BCUT2D eigenvalue weighted by atomic mass is 9.97. The van der Waals surface area contributed by atoms with Crippen LogP contribution in [0, 0.1) is 5.92 Å². The number of hydrogen-bond donors (Lipinski definition) is 1. The molecule has 1 rings (SSSR count). The Morgan fingerprint density at radius 1 is 1.11 bits per heavy atom. The molecule has 0 saturated heterocycles. The van der Waals surface area contributed by atoms with E-state index in [1.807, 2.05) is 0 Å². The van der Waals surface area contributed by atoms with Gasteiger partial charge in [0.25, 0.3) is 0 Å². The first-order chi connectivity index (χ1) is 9.08. The van der Waals surface area contributed by atoms with Gasteiger partial charge >= 0.3 is 0 Å². The van der Waals surface area contributed by atoms with Crippen molar-refractivity contribution in [2.75, 3.05) is 5.32 Å². The first-order valence-corrected chi connectivity index (χ1v) is 6.70. The zero-order valence-corrected chi connectivity index (χ0v) is 11.4. The third-order valence-corrected chi connectivity index (χ3v) is 3.03. The maximum atomic E-state index is 12.1. The summed E-state index contributed by atoms with van der Waals surface area (Å²) in [5.74, 6) is -1.19. The molecule has 0 heterocycles. The van der Waals surface area contributed by atoms with E-state index in [-0.39, 0.29) is 17.4 Å². The van der Waals surface area contributed by atoms with Crippen molar-refractivity contribution in [1.29, 1.82) is 0 Å². The Kier molecular flexibility index (Phi) is 6.06. The van der Waals surface area contributed by atoms with Gasteiger partial charge in [-0.2, -0.15) is 0 Å². The van der Waals surface area contributed by atoms with Gasteiger partial charge in [-0.15, -0.1) is 0 Å². The summed E-state index contributed by atoms with van der Waals surface area (Å²) in [5.41, 5.74) is 0.726. The van der Waals surface area contributed by atoms with Gasteiger partial charge < -0.3 is 15.2 Å². The molecule has 4 nitrogen and oxygen atoms in total. The number of anilines is 1. The van der Waals surface area contributed by atoms with Crippen LogP contribution in [0.25, 0.3) is 0 Å². The molecule has 1 aromatic carbocycles. The zero-order chi connectivity index (χ0) is 14.3. The van der Waals surface area contributed by atoms with Crippen molar-refractivity contribution in [2.45, 2.75) is 39.5 Å². The highest BCUT2D eigenvalue weighted by Crippen LogP contribution is 2.17. The first kappa shape index (κ1) is 15.2. The third kappa shape index (κ3) is 4.73. The Morgan fingerprint density at radius 3 is 2.05 bits per heavy atom. The van der Waals surface area contributed by atoms with Crippen LogP contribution < -0.4 is 10.4 Å². The zero-order valence-electron chi connectivity index (χ0n) is 11.4. The number of amides is 1. The van der Waals surface area contributed by atoms with Crippen molar-refractivity contribution < 1.29 is 14.7 Å². The average Bonchev–Trinajstić information content (AvgIpc) is 2.39. The van der Waals surface area contributed by atoms with E-state index in [4.69, 9.17) is 0 Å². The summed E-state index contributed by atoms with van der Waals surface area (Å²) in [6, 6.07) is 6.02. The monoisotopic (exact) mass is 262 g/mol. The lowest BCUT2D eigenvalue weighted by Gasteiger charge is -2.15. The van der Waals surface area contributed by atoms with E-state index in [1.165, 1.54) is 12.1 Å². The molecule has 104 valence electrons. The largest absolute Gasteiger partial charge is 0.545 e. The predicted molar refractivity (Wildman–Crippen MR) is 72.7 cm³/mol. The maximum Gasteiger partial charge on any atom is 0.227 e. The van der Waals surface area contributed by atoms with Crippen molar-refractivity contribution in [3.8, 4) is 0 Å². The number of nitrogens with one attached hydrogen (secondary N) is 1. The van der Waals surface area contributed by atoms with Gasteiger partial charge in [-0.05, 0) is 30.5 Å². The molecule has 0 aliphatic rings. The number of rotatable bonds is 7. The normalized spacial score (nSPS) is 10.5. The van der Waals surface area contributed by atoms with Gasteiger partial charge in [0.2, 0.25) is 5.91 Å². The molecule has 1 N–H and O–H groups in total. The number of carboxylic acids is 1. The molecule has 0 unspecified atom stereocenters. The van der Waals surface area contributed by atoms with E-state index >= 15 is 0 Å². The summed E-state index contributed by atoms with van der Waals surface area (Å²) in [7, 11) is 0. The summed E-state index contributed by atoms with van der Waals surface area (Å²) >= 11 is 0. The Bertz CT molecular complexity index is 420. The van der Waals surface area contributed by atoms with Crippen molar-refractivity contribution in [3.63, 3.8) is 0 Å². The van der Waals surface area contributed by atoms with Crippen molar-refractivity contribution >= 4 is 17.6 Å². The number of benzene rings is 1. The first-order valence-electron chi connectivity index (χ1n) is 6.70. The van der Waals surface area contributed by atoms with Gasteiger partial charge in [0, 0.05) is 11.6 Å². The van der Waals surface area contributed by atoms with E-state index in [0.717, 1.165) is 25.7 Å². The quantitative estimate of drug-likeness (QED) is 0.819. The second-order valence-corrected chi connectivity index (χ2v) is 4.63. The SMILES string of the molecule is CCCC(CCC)C(=O)Nc1ccc(C(=O)[O-])cc1. The fourth-order valence-electron chi connectivity index (χ4n) is 2.04. The fraction of sp³-hybridized carbons (Fsp3) is 0.467. The van der Waals surface area contributed by atoms with E-state index in [0.29, 0.717) is 5.69 Å². The van der Waals surface area contributed by atoms with Crippen LogP contribution in [0.5, 0.6) is 0 Å². The van der Waals surface area contributed by atoms with Crippen LogP contribution in [0.4, 0.5) is 5.69 Å². The van der Waals surface area contributed by atoms with Gasteiger partial charge in [-0.25, -0.2) is 0 Å². The van der Waals surface area contributed by atoms with Crippen molar-refractivity contribution in [2.24, 2.45) is 5.92 Å². The summed E-state index contributed by atoms with van der Waals surface area (Å²) < 4.78 is 0. The van der Waals surface area contributed by atoms with E-state index in [9.17, 15) is 14.7 Å². The van der Waals surface area contributed by atoms with Crippen LogP contribution in [0.2, 0.25) is 0 Å². The maximum absolute atomic E-state index is 12.1. The Balaban J connectivity index is 2.66. The number of aromatic carboxylic acids is 1. The summed E-state index contributed by atoms with van der Waals surface area (Å²) in [5, 5.41) is 13.4. The van der Waals surface area contributed by atoms with Gasteiger partial charge in [0.1, 0.15) is 0 Å². The molecule has 0 aliphatic heterocycles. The number of hydrogen-bond acceptors (Lipinski definition) is 3. The summed E-state index contributed by atoms with van der Waals surface area (Å²) in [6.07, 6.45) is 3.69. The second kappa shape index (κ2) is 7.56. The van der Waals surface area contributed by atoms with Crippen LogP contribution in [0.3, 0.4) is 0 Å². The minimum atomic E-state index is -1.22. The topological polar surface area (TPSA) is 69.2 Å². The summed E-state index contributed by atoms with van der Waals surface area (Å²) in [4.78, 5) is 22.7. The lowest BCUT2D eigenvalue weighted by molar-refractivity contribution is -0.255. The Morgan fingerprint density at radius 2 is 1.63 bits per heavy atom. The Labute approximate surface area is 113 Å². The minimum absolute atomic E-state index is 0.00454. The minimum Gasteiger partial charge on any atom is -0.545 e. The molecule has 19 heavy (non-hydrogen) atoms. The van der Waals surface area contributed by atoms with Gasteiger partial charge in [0.15, 0.2) is 0 Å². The standard InChI is InChI=1S/C15H21NO3/c1-3-5-11(6-4-2)14(17)16-13-9-7-12(8-10-13)15(18)19/h7-11H,3-6H2,1-2H3,(H,16,17)(H,18,19)/p-1. The molecule has 0 bridgehead atoms. The van der Waals surface area contributed by atoms with Crippen LogP contribution in [0.1, 0.15) is 49.9 Å². The van der Waals surface area contributed by atoms with Crippen LogP contribution in [-0.4, -0.2) is 11.9 Å². The molecule has 4 heteroatoms. The van der Waals surface area contributed by atoms with Crippen LogP contribution in [0.15, 0.2) is 24.3 Å². The second-order valence-electron chi connectivity index (χ2n) is 4.63. The fourth-order valence-corrected chi connectivity index (χ4v) is 2.04. The molecule has 0 saturated carbocycles. The molecular weight excluding hydrogens is 242 g/mol. The van der Waals surface area contributed by atoms with Gasteiger partial charge in [-0.3, -0.25) is 4.79 Å². The molecule has 0 aliphatic carbocycles. The molecular formula is C15H20NO3-. The van der Waals surface area contributed by atoms with Crippen LogP contribution >= 0.6 is 0 Å². The molecule has 1 amide bonds. The van der Waals surface area contributed by atoms with Crippen molar-refractivity contribution in [1.82, 2.24) is 0 Å². The molecule has 0 fully saturated rings. The van der Waals surface area contributed by atoms with Gasteiger partial charge in [-0.1, -0.05) is 38.8 Å². The van der Waals surface area contributed by atoms with E-state index in [1.54, 1.807) is 12.1 Å². The highest BCUT2D eigenvalue weighted by atomic mass is 16.4. The van der Waals surface area contributed by atoms with E-state index < -0.39 is 5.97 Å². The highest BCUT2D eigenvalue weighted by Gasteiger charge is 2.16. The van der Waals surface area contributed by atoms with Crippen LogP contribution in [-0.2, 0) is 4.79 Å². The average molecular weight is 262 g/mol. The molecule has 1 aromatic rings. The smallest absolute Gasteiger partial charge is 0.227 e. The number of carbonyl (C=O) groups is 2. The molecule has 0 radical (unpaired) electrons.